The number of benzene rings is 3. The van der Waals surface area contributed by atoms with Crippen LogP contribution >= 0.6 is 0 Å². The predicted molar refractivity (Wildman–Crippen MR) is 126 cm³/mol. The van der Waals surface area contributed by atoms with Crippen LogP contribution in [0.2, 0.25) is 0 Å². The first-order chi connectivity index (χ1) is 14.5. The first kappa shape index (κ1) is 25.0. The van der Waals surface area contributed by atoms with Gasteiger partial charge in [-0.05, 0) is 37.1 Å². The lowest BCUT2D eigenvalue weighted by molar-refractivity contribution is 0.0940. The number of amides is 1. The Morgan fingerprint density at radius 1 is 0.733 bits per heavy atom. The topological polar surface area (TPSA) is 107 Å². The van der Waals surface area contributed by atoms with Crippen LogP contribution in [0.25, 0.3) is 0 Å². The van der Waals surface area contributed by atoms with Crippen LogP contribution in [0, 0.1) is 0 Å². The zero-order valence-corrected chi connectivity index (χ0v) is 17.9. The number of nitrogens with two attached hydrogens (primary N) is 3. The number of carbonyl (C=O) groups excluding carboxylic acids is 1. The Hall–Kier alpha value is -2.99. The molecule has 0 heterocycles. The zero-order valence-electron chi connectivity index (χ0n) is 17.9. The number of nitrogens with one attached hydrogen (secondary N) is 1. The van der Waals surface area contributed by atoms with Crippen LogP contribution in [0.1, 0.15) is 47.4 Å². The minimum atomic E-state index is -0.0399. The van der Waals surface area contributed by atoms with Gasteiger partial charge in [-0.25, -0.2) is 0 Å². The predicted octanol–water partition coefficient (Wildman–Crippen LogP) is 3.79. The molecule has 0 spiro atoms. The summed E-state index contributed by atoms with van der Waals surface area (Å²) in [5, 5.41) is 2.97. The van der Waals surface area contributed by atoms with E-state index >= 15 is 0 Å². The van der Waals surface area contributed by atoms with Gasteiger partial charge in [0.1, 0.15) is 0 Å². The van der Waals surface area contributed by atoms with Gasteiger partial charge in [0, 0.05) is 24.7 Å². The maximum Gasteiger partial charge on any atom is 0.251 e. The van der Waals surface area contributed by atoms with Gasteiger partial charge in [0.05, 0.1) is 6.04 Å². The van der Waals surface area contributed by atoms with Crippen molar-refractivity contribution in [3.8, 4) is 0 Å². The highest BCUT2D eigenvalue weighted by Crippen LogP contribution is 2.12. The van der Waals surface area contributed by atoms with E-state index in [9.17, 15) is 4.79 Å². The molecule has 0 aliphatic rings. The highest BCUT2D eigenvalue weighted by Gasteiger charge is 2.10. The molecule has 5 heteroatoms. The Kier molecular flexibility index (Phi) is 12.5. The van der Waals surface area contributed by atoms with E-state index in [1.165, 1.54) is 5.56 Å². The molecule has 0 aliphatic carbocycles. The van der Waals surface area contributed by atoms with E-state index in [1.807, 2.05) is 105 Å². The number of carbonyl (C=O) groups is 1. The lowest BCUT2D eigenvalue weighted by atomic mass is 10.1. The van der Waals surface area contributed by atoms with E-state index < -0.39 is 0 Å². The van der Waals surface area contributed by atoms with Crippen LogP contribution in [0.15, 0.2) is 91.0 Å². The summed E-state index contributed by atoms with van der Waals surface area (Å²) in [6.45, 7) is 5.16. The molecule has 0 radical (unpaired) electrons. The number of hydrogen-bond acceptors (Lipinski definition) is 4. The van der Waals surface area contributed by atoms with Crippen molar-refractivity contribution in [2.75, 3.05) is 13.1 Å². The molecule has 3 aromatic rings. The summed E-state index contributed by atoms with van der Waals surface area (Å²) in [5.74, 6) is -0.0399. The van der Waals surface area contributed by atoms with Crippen LogP contribution in [-0.2, 0) is 0 Å². The summed E-state index contributed by atoms with van der Waals surface area (Å²) in [6.07, 6.45) is 0. The van der Waals surface area contributed by atoms with Crippen LogP contribution in [0.3, 0.4) is 0 Å². The van der Waals surface area contributed by atoms with Crippen molar-refractivity contribution in [2.45, 2.75) is 25.9 Å². The van der Waals surface area contributed by atoms with E-state index in [2.05, 4.69) is 5.32 Å². The fourth-order valence-electron chi connectivity index (χ4n) is 2.45. The lowest BCUT2D eigenvalue weighted by Gasteiger charge is -2.14. The fourth-order valence-corrected chi connectivity index (χ4v) is 2.45. The number of hydrogen-bond donors (Lipinski definition) is 4. The second-order valence-electron chi connectivity index (χ2n) is 6.75. The molecule has 0 fully saturated rings. The highest BCUT2D eigenvalue weighted by atomic mass is 16.1. The molecule has 0 saturated heterocycles. The first-order valence-corrected chi connectivity index (χ1v) is 10.1. The van der Waals surface area contributed by atoms with Crippen molar-refractivity contribution in [1.29, 1.82) is 0 Å². The molecular formula is C25H34N4O. The lowest BCUT2D eigenvalue weighted by Crippen LogP contribution is -2.26. The summed E-state index contributed by atoms with van der Waals surface area (Å²) in [7, 11) is 0. The molecule has 0 aromatic heterocycles. The highest BCUT2D eigenvalue weighted by molar-refractivity contribution is 5.94. The van der Waals surface area contributed by atoms with Gasteiger partial charge in [0.2, 0.25) is 0 Å². The molecule has 3 aromatic carbocycles. The quantitative estimate of drug-likeness (QED) is 0.517. The summed E-state index contributed by atoms with van der Waals surface area (Å²) in [5.41, 5.74) is 18.4. The molecular weight excluding hydrogens is 372 g/mol. The minimum Gasteiger partial charge on any atom is -0.346 e. The van der Waals surface area contributed by atoms with E-state index in [-0.39, 0.29) is 18.0 Å². The van der Waals surface area contributed by atoms with Crippen molar-refractivity contribution in [3.05, 3.63) is 108 Å². The molecule has 0 bridgehead atoms. The second kappa shape index (κ2) is 14.9. The molecule has 160 valence electrons. The van der Waals surface area contributed by atoms with Gasteiger partial charge in [0.15, 0.2) is 0 Å². The van der Waals surface area contributed by atoms with Gasteiger partial charge in [-0.2, -0.15) is 0 Å². The Balaban J connectivity index is 0.000000289. The van der Waals surface area contributed by atoms with Gasteiger partial charge >= 0.3 is 0 Å². The van der Waals surface area contributed by atoms with Gasteiger partial charge in [-0.1, -0.05) is 78.9 Å². The van der Waals surface area contributed by atoms with Gasteiger partial charge in [-0.3, -0.25) is 4.79 Å². The summed E-state index contributed by atoms with van der Waals surface area (Å²) in [6, 6.07) is 29.4. The summed E-state index contributed by atoms with van der Waals surface area (Å²) >= 11 is 0. The number of rotatable bonds is 5. The van der Waals surface area contributed by atoms with Crippen molar-refractivity contribution in [2.24, 2.45) is 17.2 Å². The zero-order chi connectivity index (χ0) is 22.2. The normalized spacial score (nSPS) is 11.6. The van der Waals surface area contributed by atoms with E-state index in [0.717, 1.165) is 5.56 Å². The fraction of sp³-hybridized carbons (Fsp3) is 0.240. The summed E-state index contributed by atoms with van der Waals surface area (Å²) < 4.78 is 0. The Bertz CT molecular complexity index is 806. The van der Waals surface area contributed by atoms with Crippen molar-refractivity contribution in [3.63, 3.8) is 0 Å². The van der Waals surface area contributed by atoms with E-state index in [1.54, 1.807) is 0 Å². The van der Waals surface area contributed by atoms with Crippen molar-refractivity contribution >= 4 is 5.91 Å². The average molecular weight is 407 g/mol. The molecule has 2 atom stereocenters. The third kappa shape index (κ3) is 9.98. The van der Waals surface area contributed by atoms with Gasteiger partial charge < -0.3 is 22.5 Å². The third-order valence-electron chi connectivity index (χ3n) is 4.18. The second-order valence-corrected chi connectivity index (χ2v) is 6.75. The molecule has 5 nitrogen and oxygen atoms in total. The molecule has 7 N–H and O–H groups in total. The Morgan fingerprint density at radius 2 is 1.13 bits per heavy atom. The van der Waals surface area contributed by atoms with E-state index in [0.29, 0.717) is 18.7 Å². The largest absolute Gasteiger partial charge is 0.346 e. The molecule has 0 unspecified atom stereocenters. The molecule has 0 aliphatic heterocycles. The standard InChI is InChI=1S/C15H15NO.C8H11N.C2H8N2/c1-12(13-8-4-2-5-9-13)16-15(17)14-10-6-3-7-11-14;1-7(9)8-5-3-2-4-6-8;3-1-2-4/h2-12H,1H3,(H,16,17);2-7H,9H2,1H3;1-4H2/t12-;7-;/m00./s1. The Labute approximate surface area is 180 Å². The van der Waals surface area contributed by atoms with Crippen molar-refractivity contribution < 1.29 is 4.79 Å². The third-order valence-corrected chi connectivity index (χ3v) is 4.18. The average Bonchev–Trinajstić information content (AvgIpc) is 2.81. The maximum absolute atomic E-state index is 11.9. The maximum atomic E-state index is 11.9. The molecule has 3 rings (SSSR count). The van der Waals surface area contributed by atoms with Gasteiger partial charge in [-0.15, -0.1) is 0 Å². The van der Waals surface area contributed by atoms with Crippen LogP contribution in [-0.4, -0.2) is 19.0 Å². The Morgan fingerprint density at radius 3 is 1.50 bits per heavy atom. The molecule has 1 amide bonds. The molecule has 30 heavy (non-hydrogen) atoms. The van der Waals surface area contributed by atoms with E-state index in [4.69, 9.17) is 17.2 Å². The first-order valence-electron chi connectivity index (χ1n) is 10.1. The summed E-state index contributed by atoms with van der Waals surface area (Å²) in [4.78, 5) is 11.9. The monoisotopic (exact) mass is 406 g/mol. The van der Waals surface area contributed by atoms with Crippen LogP contribution in [0.4, 0.5) is 0 Å². The van der Waals surface area contributed by atoms with Crippen LogP contribution < -0.4 is 22.5 Å². The SMILES string of the molecule is C[C@H](N)c1ccccc1.C[C@H](NC(=O)c1ccccc1)c1ccccc1.NCCN. The van der Waals surface area contributed by atoms with Crippen LogP contribution in [0.5, 0.6) is 0 Å². The smallest absolute Gasteiger partial charge is 0.251 e. The van der Waals surface area contributed by atoms with Crippen molar-refractivity contribution in [1.82, 2.24) is 5.32 Å². The minimum absolute atomic E-state index is 0.0175. The molecule has 0 saturated carbocycles. The van der Waals surface area contributed by atoms with Gasteiger partial charge in [0.25, 0.3) is 5.91 Å².